The fourth-order valence-electron chi connectivity index (χ4n) is 1.18. The van der Waals surface area contributed by atoms with Crippen molar-refractivity contribution in [1.82, 2.24) is 4.98 Å². The predicted octanol–water partition coefficient (Wildman–Crippen LogP) is 2.68. The Morgan fingerprint density at radius 2 is 2.45 bits per heavy atom. The molecule has 1 nitrogen and oxygen atoms in total. The van der Waals surface area contributed by atoms with Crippen molar-refractivity contribution >= 4 is 36.6 Å². The van der Waals surface area contributed by atoms with E-state index >= 15 is 0 Å². The van der Waals surface area contributed by atoms with E-state index < -0.39 is 0 Å². The number of fused-ring (bicyclic) bond motifs is 1. The summed E-state index contributed by atoms with van der Waals surface area (Å²) in [4.78, 5) is 4.34. The molecule has 1 N–H and O–H groups in total. The third-order valence-corrected chi connectivity index (χ3v) is 3.38. The summed E-state index contributed by atoms with van der Waals surface area (Å²) < 4.78 is 0.781. The number of aromatic amines is 1. The molecule has 0 unspecified atom stereocenters. The van der Waals surface area contributed by atoms with E-state index in [-0.39, 0.29) is 0 Å². The van der Waals surface area contributed by atoms with Gasteiger partial charge in [-0.3, -0.25) is 0 Å². The van der Waals surface area contributed by atoms with E-state index in [0.29, 0.717) is 0 Å². The summed E-state index contributed by atoms with van der Waals surface area (Å²) in [6.07, 6.45) is 1.12. The molecule has 1 aliphatic heterocycles. The lowest BCUT2D eigenvalue weighted by Gasteiger charge is -2.00. The Kier molecular flexibility index (Phi) is 1.99. The summed E-state index contributed by atoms with van der Waals surface area (Å²) in [6, 6.07) is 2.02. The van der Waals surface area contributed by atoms with Gasteiger partial charge in [0.05, 0.1) is 5.03 Å². The number of nitrogens with one attached hydrogen (secondary N) is 1. The lowest BCUT2D eigenvalue weighted by molar-refractivity contribution is 0.974. The van der Waals surface area contributed by atoms with Gasteiger partial charge in [0.15, 0.2) is 0 Å². The molecule has 0 atom stereocenters. The van der Waals surface area contributed by atoms with Gasteiger partial charge in [0, 0.05) is 10.6 Å². The minimum absolute atomic E-state index is 0.781. The Labute approximate surface area is 80.0 Å². The van der Waals surface area contributed by atoms with Crippen LogP contribution in [0.25, 0.3) is 0 Å². The van der Waals surface area contributed by atoms with E-state index in [0.717, 1.165) is 21.8 Å². The van der Waals surface area contributed by atoms with Crippen molar-refractivity contribution in [3.05, 3.63) is 16.3 Å². The van der Waals surface area contributed by atoms with Crippen LogP contribution in [-0.4, -0.2) is 10.7 Å². The maximum absolute atomic E-state index is 5.02. The standard InChI is InChI=1S/C7H7NS3/c9-6-3-5-4(1-2-11-5)7(10)8-6/h3H,1-2H2,(H2,8,9,10). The van der Waals surface area contributed by atoms with Gasteiger partial charge in [-0.1, -0.05) is 12.2 Å². The molecule has 4 heteroatoms. The van der Waals surface area contributed by atoms with Gasteiger partial charge in [-0.15, -0.1) is 24.4 Å². The summed E-state index contributed by atoms with van der Waals surface area (Å²) >= 11 is 11.2. The van der Waals surface area contributed by atoms with Crippen molar-refractivity contribution in [1.29, 1.82) is 0 Å². The van der Waals surface area contributed by atoms with Crippen molar-refractivity contribution in [3.8, 4) is 0 Å². The monoisotopic (exact) mass is 201 g/mol. The first-order valence-corrected chi connectivity index (χ1v) is 5.19. The molecule has 0 saturated carbocycles. The normalized spacial score (nSPS) is 15.0. The van der Waals surface area contributed by atoms with Crippen LogP contribution in [0.1, 0.15) is 5.56 Å². The lowest BCUT2D eigenvalue weighted by atomic mass is 10.2. The van der Waals surface area contributed by atoms with Crippen molar-refractivity contribution in [2.24, 2.45) is 0 Å². The summed E-state index contributed by atoms with van der Waals surface area (Å²) in [5.74, 6) is 1.16. The molecule has 0 fully saturated rings. The summed E-state index contributed by atoms with van der Waals surface area (Å²) in [5, 5.41) is 0.942. The van der Waals surface area contributed by atoms with Crippen LogP contribution in [0.5, 0.6) is 0 Å². The molecule has 11 heavy (non-hydrogen) atoms. The van der Waals surface area contributed by atoms with Crippen molar-refractivity contribution in [3.63, 3.8) is 0 Å². The average molecular weight is 201 g/mol. The molecule has 0 aromatic carbocycles. The van der Waals surface area contributed by atoms with E-state index in [9.17, 15) is 0 Å². The molecule has 0 bridgehead atoms. The minimum atomic E-state index is 0.781. The maximum Gasteiger partial charge on any atom is 0.105 e. The Morgan fingerprint density at radius 1 is 1.64 bits per heavy atom. The highest BCUT2D eigenvalue weighted by atomic mass is 32.2. The number of pyridine rings is 1. The van der Waals surface area contributed by atoms with Crippen LogP contribution < -0.4 is 0 Å². The molecule has 1 aromatic rings. The SMILES string of the molecule is S=c1cc2c(c(S)[nH]1)CCS2. The highest BCUT2D eigenvalue weighted by Gasteiger charge is 2.13. The quantitative estimate of drug-likeness (QED) is 0.496. The molecular weight excluding hydrogens is 194 g/mol. The highest BCUT2D eigenvalue weighted by Crippen LogP contribution is 2.33. The second-order valence-corrected chi connectivity index (χ2v) is 4.45. The summed E-state index contributed by atoms with van der Waals surface area (Å²) in [5.41, 5.74) is 1.33. The zero-order chi connectivity index (χ0) is 7.84. The molecule has 0 saturated heterocycles. The number of hydrogen-bond acceptors (Lipinski definition) is 3. The molecule has 1 aliphatic rings. The van der Waals surface area contributed by atoms with Crippen LogP contribution in [0, 0.1) is 4.64 Å². The van der Waals surface area contributed by atoms with E-state index in [4.69, 9.17) is 12.2 Å². The van der Waals surface area contributed by atoms with Crippen LogP contribution in [0.15, 0.2) is 16.0 Å². The molecule has 1 aromatic heterocycles. The van der Waals surface area contributed by atoms with Crippen LogP contribution in [-0.2, 0) is 6.42 Å². The topological polar surface area (TPSA) is 15.8 Å². The van der Waals surface area contributed by atoms with Gasteiger partial charge in [0.25, 0.3) is 0 Å². The number of H-pyrrole nitrogens is 1. The van der Waals surface area contributed by atoms with Crippen molar-refractivity contribution in [2.45, 2.75) is 16.3 Å². The van der Waals surface area contributed by atoms with Crippen LogP contribution >= 0.6 is 36.6 Å². The van der Waals surface area contributed by atoms with E-state index in [2.05, 4.69) is 17.6 Å². The first-order chi connectivity index (χ1) is 5.27. The third kappa shape index (κ3) is 1.35. The summed E-state index contributed by atoms with van der Waals surface area (Å²) in [7, 11) is 0. The average Bonchev–Trinajstić information content (AvgIpc) is 2.34. The summed E-state index contributed by atoms with van der Waals surface area (Å²) in [6.45, 7) is 0. The zero-order valence-corrected chi connectivity index (χ0v) is 8.28. The molecule has 0 amide bonds. The van der Waals surface area contributed by atoms with E-state index in [1.807, 2.05) is 17.8 Å². The van der Waals surface area contributed by atoms with Crippen LogP contribution in [0.2, 0.25) is 0 Å². The zero-order valence-electron chi connectivity index (χ0n) is 5.76. The molecule has 2 rings (SSSR count). The predicted molar refractivity (Wildman–Crippen MR) is 53.3 cm³/mol. The molecule has 0 radical (unpaired) electrons. The van der Waals surface area contributed by atoms with Crippen molar-refractivity contribution < 1.29 is 0 Å². The Hall–Kier alpha value is 0.0700. The largest absolute Gasteiger partial charge is 0.341 e. The van der Waals surface area contributed by atoms with Gasteiger partial charge >= 0.3 is 0 Å². The first-order valence-electron chi connectivity index (χ1n) is 3.35. The number of rotatable bonds is 0. The van der Waals surface area contributed by atoms with Gasteiger partial charge in [-0.25, -0.2) is 0 Å². The van der Waals surface area contributed by atoms with Gasteiger partial charge in [0.2, 0.25) is 0 Å². The van der Waals surface area contributed by atoms with Crippen LogP contribution in [0.4, 0.5) is 0 Å². The number of aromatic nitrogens is 1. The number of hydrogen-bond donors (Lipinski definition) is 2. The van der Waals surface area contributed by atoms with Gasteiger partial charge in [-0.05, 0) is 18.1 Å². The third-order valence-electron chi connectivity index (χ3n) is 1.70. The van der Waals surface area contributed by atoms with Crippen LogP contribution in [0.3, 0.4) is 0 Å². The first kappa shape index (κ1) is 7.71. The fraction of sp³-hybridized carbons (Fsp3) is 0.286. The van der Waals surface area contributed by atoms with Crippen molar-refractivity contribution in [2.75, 3.05) is 5.75 Å². The molecule has 0 spiro atoms. The second kappa shape index (κ2) is 2.84. The van der Waals surface area contributed by atoms with E-state index in [1.165, 1.54) is 10.5 Å². The second-order valence-electron chi connectivity index (χ2n) is 2.42. The molecule has 2 heterocycles. The smallest absolute Gasteiger partial charge is 0.105 e. The highest BCUT2D eigenvalue weighted by molar-refractivity contribution is 7.99. The Morgan fingerprint density at radius 3 is 3.27 bits per heavy atom. The van der Waals surface area contributed by atoms with Gasteiger partial charge in [0.1, 0.15) is 4.64 Å². The van der Waals surface area contributed by atoms with Gasteiger partial charge in [-0.2, -0.15) is 0 Å². The maximum atomic E-state index is 5.02. The Bertz CT molecular complexity index is 342. The lowest BCUT2D eigenvalue weighted by Crippen LogP contribution is -1.87. The fourth-order valence-corrected chi connectivity index (χ4v) is 3.09. The Balaban J connectivity index is 2.70. The number of thiol groups is 1. The number of thioether (sulfide) groups is 1. The molecule has 0 aliphatic carbocycles. The van der Waals surface area contributed by atoms with Gasteiger partial charge < -0.3 is 4.98 Å². The molecule has 58 valence electrons. The minimum Gasteiger partial charge on any atom is -0.341 e. The van der Waals surface area contributed by atoms with E-state index in [1.54, 1.807) is 0 Å². The molecular formula is C7H7NS3.